The highest BCUT2D eigenvalue weighted by molar-refractivity contribution is 7.18. The molecular formula is C25H25FN2O2S2. The van der Waals surface area contributed by atoms with Gasteiger partial charge < -0.3 is 10.1 Å². The van der Waals surface area contributed by atoms with E-state index in [1.165, 1.54) is 27.8 Å². The van der Waals surface area contributed by atoms with Crippen LogP contribution in [0.15, 0.2) is 59.3 Å². The van der Waals surface area contributed by atoms with Gasteiger partial charge in [0.25, 0.3) is 0 Å². The van der Waals surface area contributed by atoms with E-state index >= 15 is 0 Å². The highest BCUT2D eigenvalue weighted by Gasteiger charge is 2.10. The smallest absolute Gasteiger partial charge is 0.246 e. The van der Waals surface area contributed by atoms with Gasteiger partial charge in [0.1, 0.15) is 17.4 Å². The van der Waals surface area contributed by atoms with Crippen LogP contribution >= 0.6 is 22.7 Å². The zero-order valence-electron chi connectivity index (χ0n) is 17.7. The zero-order valence-corrected chi connectivity index (χ0v) is 19.3. The summed E-state index contributed by atoms with van der Waals surface area (Å²) >= 11 is 3.47. The number of carbonyl (C=O) groups is 1. The van der Waals surface area contributed by atoms with E-state index in [0.29, 0.717) is 13.2 Å². The molecular weight excluding hydrogens is 443 g/mol. The first-order chi connectivity index (χ1) is 15.7. The van der Waals surface area contributed by atoms with E-state index in [0.717, 1.165) is 41.9 Å². The molecule has 0 spiro atoms. The van der Waals surface area contributed by atoms with Crippen molar-refractivity contribution in [1.29, 1.82) is 0 Å². The number of amides is 1. The lowest BCUT2D eigenvalue weighted by molar-refractivity contribution is -0.126. The third-order valence-corrected chi connectivity index (χ3v) is 7.00. The molecule has 0 fully saturated rings. The molecule has 0 aliphatic heterocycles. The van der Waals surface area contributed by atoms with Gasteiger partial charge >= 0.3 is 0 Å². The predicted octanol–water partition coefficient (Wildman–Crippen LogP) is 6.21. The first-order valence-corrected chi connectivity index (χ1v) is 12.4. The number of hydrogen-bond donors (Lipinski definition) is 1. The molecule has 4 nitrogen and oxygen atoms in total. The number of thiazole rings is 1. The molecule has 0 bridgehead atoms. The normalized spacial score (nSPS) is 11.2. The Hall–Kier alpha value is -2.61. The van der Waals surface area contributed by atoms with Gasteiger partial charge in [-0.25, -0.2) is 9.37 Å². The molecule has 0 atom stereocenters. The van der Waals surface area contributed by atoms with Gasteiger partial charge in [-0.15, -0.1) is 22.7 Å². The lowest BCUT2D eigenvalue weighted by atomic mass is 10.1. The first kappa shape index (κ1) is 22.6. The van der Waals surface area contributed by atoms with Crippen molar-refractivity contribution in [2.45, 2.75) is 32.3 Å². The van der Waals surface area contributed by atoms with Gasteiger partial charge in [-0.2, -0.15) is 0 Å². The quantitative estimate of drug-likeness (QED) is 0.266. The third-order valence-electron chi connectivity index (χ3n) is 5.11. The number of benzene rings is 2. The predicted molar refractivity (Wildman–Crippen MR) is 130 cm³/mol. The molecule has 4 aromatic rings. The molecule has 32 heavy (non-hydrogen) atoms. The average molecular weight is 469 g/mol. The van der Waals surface area contributed by atoms with Gasteiger partial charge in [-0.3, -0.25) is 4.79 Å². The van der Waals surface area contributed by atoms with Gasteiger partial charge in [0, 0.05) is 33.0 Å². The van der Waals surface area contributed by atoms with E-state index in [1.807, 2.05) is 0 Å². The minimum Gasteiger partial charge on any atom is -0.367 e. The monoisotopic (exact) mass is 468 g/mol. The highest BCUT2D eigenvalue weighted by Crippen LogP contribution is 2.35. The number of nitrogens with one attached hydrogen (secondary N) is 1. The number of halogens is 1. The average Bonchev–Trinajstić information content (AvgIpc) is 3.44. The van der Waals surface area contributed by atoms with E-state index in [2.05, 4.69) is 40.3 Å². The Kier molecular flexibility index (Phi) is 7.98. The van der Waals surface area contributed by atoms with Crippen LogP contribution < -0.4 is 5.32 Å². The number of hydrogen-bond acceptors (Lipinski definition) is 5. The number of fused-ring (bicyclic) bond motifs is 1. The second-order valence-corrected chi connectivity index (χ2v) is 9.34. The van der Waals surface area contributed by atoms with E-state index in [-0.39, 0.29) is 18.3 Å². The minimum absolute atomic E-state index is 0.0102. The van der Waals surface area contributed by atoms with Gasteiger partial charge in [0.05, 0.1) is 12.3 Å². The van der Waals surface area contributed by atoms with Crippen LogP contribution in [0.5, 0.6) is 0 Å². The van der Waals surface area contributed by atoms with Crippen LogP contribution in [0.1, 0.15) is 30.5 Å². The van der Waals surface area contributed by atoms with Crippen molar-refractivity contribution in [2.24, 2.45) is 0 Å². The molecule has 0 aliphatic rings. The van der Waals surface area contributed by atoms with E-state index in [1.54, 1.807) is 34.8 Å². The van der Waals surface area contributed by atoms with Crippen molar-refractivity contribution in [3.63, 3.8) is 0 Å². The number of aryl methyl sites for hydroxylation is 1. The molecule has 0 aliphatic carbocycles. The van der Waals surface area contributed by atoms with Crippen molar-refractivity contribution in [3.8, 4) is 10.6 Å². The fourth-order valence-electron chi connectivity index (χ4n) is 3.42. The molecule has 0 radical (unpaired) electrons. The van der Waals surface area contributed by atoms with E-state index in [9.17, 15) is 9.18 Å². The maximum atomic E-state index is 12.9. The molecule has 0 unspecified atom stereocenters. The molecule has 2 heterocycles. The number of ether oxygens (including phenoxy) is 1. The second-order valence-electron chi connectivity index (χ2n) is 7.57. The summed E-state index contributed by atoms with van der Waals surface area (Å²) in [6, 6.07) is 14.5. The van der Waals surface area contributed by atoms with E-state index < -0.39 is 0 Å². The van der Waals surface area contributed by atoms with Crippen molar-refractivity contribution >= 4 is 38.7 Å². The van der Waals surface area contributed by atoms with Crippen LogP contribution in [0, 0.1) is 5.82 Å². The van der Waals surface area contributed by atoms with Crippen LogP contribution in [-0.2, 0) is 22.6 Å². The van der Waals surface area contributed by atoms with Gasteiger partial charge in [-0.1, -0.05) is 36.8 Å². The summed E-state index contributed by atoms with van der Waals surface area (Å²) < 4.78 is 19.5. The summed E-state index contributed by atoms with van der Waals surface area (Å²) in [6.07, 6.45) is 3.96. The molecule has 0 saturated carbocycles. The minimum atomic E-state index is -0.280. The zero-order chi connectivity index (χ0) is 22.2. The fourth-order valence-corrected chi connectivity index (χ4v) is 5.32. The van der Waals surface area contributed by atoms with E-state index in [4.69, 9.17) is 9.72 Å². The van der Waals surface area contributed by atoms with Crippen LogP contribution in [-0.4, -0.2) is 24.0 Å². The summed E-state index contributed by atoms with van der Waals surface area (Å²) in [5.41, 5.74) is 3.21. The van der Waals surface area contributed by atoms with Crippen molar-refractivity contribution in [2.75, 3.05) is 13.2 Å². The van der Waals surface area contributed by atoms with Crippen LogP contribution in [0.25, 0.3) is 20.7 Å². The Labute approximate surface area is 195 Å². The molecule has 1 N–H and O–H groups in total. The molecule has 2 aromatic carbocycles. The summed E-state index contributed by atoms with van der Waals surface area (Å²) in [5.74, 6) is -0.406. The van der Waals surface area contributed by atoms with Crippen LogP contribution in [0.4, 0.5) is 4.39 Å². The Balaban J connectivity index is 1.10. The molecule has 4 rings (SSSR count). The summed E-state index contributed by atoms with van der Waals surface area (Å²) in [4.78, 5) is 16.7. The fraction of sp³-hybridized carbons (Fsp3) is 0.280. The largest absolute Gasteiger partial charge is 0.367 e. The standard InChI is InChI=1S/C25H25FN2O2S2/c26-19-11-9-18(10-12-19)14-30-15-24(29)27-13-5-1-2-6-20-16-32-25(28-20)22-17-31-23-8-4-3-7-21(22)23/h3-4,7-12,16-17H,1-2,5-6,13-15H2,(H,27,29). The lowest BCUT2D eigenvalue weighted by Gasteiger charge is -2.06. The topological polar surface area (TPSA) is 51.2 Å². The van der Waals surface area contributed by atoms with Crippen molar-refractivity contribution in [3.05, 3.63) is 76.4 Å². The number of thiophene rings is 1. The SMILES string of the molecule is O=C(COCc1ccc(F)cc1)NCCCCCc1csc(-c2csc3ccccc23)n1. The molecule has 1 amide bonds. The number of nitrogens with zero attached hydrogens (tertiary/aromatic N) is 1. The Morgan fingerprint density at radius 2 is 1.84 bits per heavy atom. The Bertz CT molecular complexity index is 1150. The summed E-state index contributed by atoms with van der Waals surface area (Å²) in [5, 5.41) is 9.59. The summed E-state index contributed by atoms with van der Waals surface area (Å²) in [7, 11) is 0. The Morgan fingerprint density at radius 3 is 2.72 bits per heavy atom. The van der Waals surface area contributed by atoms with Crippen LogP contribution in [0.3, 0.4) is 0 Å². The van der Waals surface area contributed by atoms with Crippen molar-refractivity contribution < 1.29 is 13.9 Å². The second kappa shape index (κ2) is 11.3. The molecule has 7 heteroatoms. The number of unbranched alkanes of at least 4 members (excludes halogenated alkanes) is 2. The summed E-state index contributed by atoms with van der Waals surface area (Å²) in [6.45, 7) is 0.947. The van der Waals surface area contributed by atoms with Gasteiger partial charge in [-0.05, 0) is 43.0 Å². The van der Waals surface area contributed by atoms with Gasteiger partial charge in [0.2, 0.25) is 5.91 Å². The van der Waals surface area contributed by atoms with Gasteiger partial charge in [0.15, 0.2) is 0 Å². The maximum Gasteiger partial charge on any atom is 0.246 e. The third kappa shape index (κ3) is 6.22. The van der Waals surface area contributed by atoms with Crippen molar-refractivity contribution in [1.82, 2.24) is 10.3 Å². The highest BCUT2D eigenvalue weighted by atomic mass is 32.1. The molecule has 0 saturated heterocycles. The molecule has 2 aromatic heterocycles. The molecule has 166 valence electrons. The first-order valence-electron chi connectivity index (χ1n) is 10.7. The maximum absolute atomic E-state index is 12.9. The number of rotatable bonds is 11. The number of carbonyl (C=O) groups excluding carboxylic acids is 1. The van der Waals surface area contributed by atoms with Crippen LogP contribution in [0.2, 0.25) is 0 Å². The lowest BCUT2D eigenvalue weighted by Crippen LogP contribution is -2.28. The number of aromatic nitrogens is 1. The Morgan fingerprint density at radius 1 is 1.00 bits per heavy atom.